The second-order valence-corrected chi connectivity index (χ2v) is 7.24. The number of carbonyl (C=O) groups is 2. The number of nitrogens with zero attached hydrogens (tertiary/aromatic N) is 3. The third-order valence-corrected chi connectivity index (χ3v) is 5.39. The first-order valence-electron chi connectivity index (χ1n) is 9.43. The van der Waals surface area contributed by atoms with Gasteiger partial charge in [0.05, 0.1) is 6.54 Å². The second kappa shape index (κ2) is 10.3. The zero-order valence-electron chi connectivity index (χ0n) is 15.5. The quantitative estimate of drug-likeness (QED) is 0.225. The van der Waals surface area contributed by atoms with E-state index in [1.54, 1.807) is 7.05 Å². The van der Waals surface area contributed by atoms with Crippen LogP contribution in [0.4, 0.5) is 4.79 Å². The lowest BCUT2D eigenvalue weighted by molar-refractivity contribution is -0.124. The minimum absolute atomic E-state index is 0. The monoisotopic (exact) mass is 478 g/mol. The number of hydrogen-bond acceptors (Lipinski definition) is 4. The molecule has 26 heavy (non-hydrogen) atoms. The average molecular weight is 478 g/mol. The number of imide groups is 1. The molecule has 2 aliphatic heterocycles. The minimum atomic E-state index is -0.312. The van der Waals surface area contributed by atoms with Gasteiger partial charge in [0, 0.05) is 45.8 Å². The molecule has 1 unspecified atom stereocenters. The number of guanidine groups is 1. The van der Waals surface area contributed by atoms with E-state index in [0.717, 1.165) is 31.4 Å². The largest absolute Gasteiger partial charge is 0.355 e. The summed E-state index contributed by atoms with van der Waals surface area (Å²) in [6.07, 6.45) is 6.70. The van der Waals surface area contributed by atoms with Gasteiger partial charge >= 0.3 is 6.03 Å². The van der Waals surface area contributed by atoms with Crippen LogP contribution in [-0.4, -0.2) is 80.1 Å². The highest BCUT2D eigenvalue weighted by atomic mass is 127. The van der Waals surface area contributed by atoms with E-state index >= 15 is 0 Å². The fourth-order valence-electron chi connectivity index (χ4n) is 4.03. The summed E-state index contributed by atoms with van der Waals surface area (Å²) in [5.41, 5.74) is 0. The van der Waals surface area contributed by atoms with Crippen LogP contribution in [0, 0.1) is 5.92 Å². The predicted molar refractivity (Wildman–Crippen MR) is 112 cm³/mol. The summed E-state index contributed by atoms with van der Waals surface area (Å²) in [6.45, 7) is 4.39. The van der Waals surface area contributed by atoms with Crippen LogP contribution in [-0.2, 0) is 4.79 Å². The third kappa shape index (κ3) is 5.70. The molecule has 0 aromatic rings. The molecule has 1 atom stereocenters. The van der Waals surface area contributed by atoms with Gasteiger partial charge < -0.3 is 20.9 Å². The molecule has 0 radical (unpaired) electrons. The van der Waals surface area contributed by atoms with Crippen LogP contribution in [0.1, 0.15) is 32.1 Å². The number of amides is 3. The van der Waals surface area contributed by atoms with Gasteiger partial charge in [-0.15, -0.1) is 24.0 Å². The number of aliphatic imine (C=N–C) groups is 1. The van der Waals surface area contributed by atoms with Gasteiger partial charge in [0.1, 0.15) is 0 Å². The molecular formula is C17H31IN6O2. The van der Waals surface area contributed by atoms with Crippen LogP contribution in [0.25, 0.3) is 0 Å². The number of hydrogen-bond donors (Lipinski definition) is 3. The highest BCUT2D eigenvalue weighted by Gasteiger charge is 2.28. The lowest BCUT2D eigenvalue weighted by Crippen LogP contribution is -2.47. The molecular weight excluding hydrogens is 447 g/mol. The minimum Gasteiger partial charge on any atom is -0.355 e. The van der Waals surface area contributed by atoms with Gasteiger partial charge in [0.15, 0.2) is 5.96 Å². The van der Waals surface area contributed by atoms with Crippen molar-refractivity contribution in [1.82, 2.24) is 25.8 Å². The van der Waals surface area contributed by atoms with E-state index in [1.807, 2.05) is 0 Å². The fourth-order valence-corrected chi connectivity index (χ4v) is 4.03. The van der Waals surface area contributed by atoms with Crippen molar-refractivity contribution in [2.75, 3.05) is 46.3 Å². The van der Waals surface area contributed by atoms with Crippen LogP contribution >= 0.6 is 24.0 Å². The van der Waals surface area contributed by atoms with E-state index in [2.05, 4.69) is 25.8 Å². The van der Waals surface area contributed by atoms with E-state index in [0.29, 0.717) is 19.1 Å². The Balaban J connectivity index is 0.00000243. The lowest BCUT2D eigenvalue weighted by atomic mass is 10.1. The molecule has 0 bridgehead atoms. The molecule has 2 heterocycles. The summed E-state index contributed by atoms with van der Waals surface area (Å²) in [5.74, 6) is 1.45. The smallest absolute Gasteiger partial charge is 0.324 e. The molecule has 3 amide bonds. The van der Waals surface area contributed by atoms with Crippen molar-refractivity contribution in [2.45, 2.75) is 38.1 Å². The van der Waals surface area contributed by atoms with Gasteiger partial charge in [-0.2, -0.15) is 0 Å². The van der Waals surface area contributed by atoms with Crippen molar-refractivity contribution in [1.29, 1.82) is 0 Å². The van der Waals surface area contributed by atoms with E-state index < -0.39 is 0 Å². The Bertz CT molecular complexity index is 507. The van der Waals surface area contributed by atoms with Gasteiger partial charge in [0.25, 0.3) is 0 Å². The molecule has 9 heteroatoms. The molecule has 3 N–H and O–H groups in total. The van der Waals surface area contributed by atoms with Crippen molar-refractivity contribution in [3.63, 3.8) is 0 Å². The Morgan fingerprint density at radius 2 is 2.04 bits per heavy atom. The molecule has 0 spiro atoms. The fraction of sp³-hybridized carbons (Fsp3) is 0.824. The number of halogens is 1. The van der Waals surface area contributed by atoms with Crippen LogP contribution in [0.2, 0.25) is 0 Å². The molecule has 3 aliphatic rings. The molecule has 2 saturated heterocycles. The molecule has 1 saturated carbocycles. The van der Waals surface area contributed by atoms with Crippen LogP contribution in [0.3, 0.4) is 0 Å². The van der Waals surface area contributed by atoms with E-state index in [9.17, 15) is 9.59 Å². The lowest BCUT2D eigenvalue weighted by Gasteiger charge is -2.21. The Kier molecular flexibility index (Phi) is 8.39. The maximum Gasteiger partial charge on any atom is 0.324 e. The Morgan fingerprint density at radius 1 is 1.27 bits per heavy atom. The van der Waals surface area contributed by atoms with Crippen LogP contribution in [0.15, 0.2) is 4.99 Å². The summed E-state index contributed by atoms with van der Waals surface area (Å²) >= 11 is 0. The van der Waals surface area contributed by atoms with E-state index in [4.69, 9.17) is 0 Å². The van der Waals surface area contributed by atoms with Crippen molar-refractivity contribution in [2.24, 2.45) is 10.9 Å². The van der Waals surface area contributed by atoms with Crippen LogP contribution in [0.5, 0.6) is 0 Å². The summed E-state index contributed by atoms with van der Waals surface area (Å²) < 4.78 is 0. The Morgan fingerprint density at radius 3 is 2.69 bits per heavy atom. The average Bonchev–Trinajstić information content (AvgIpc) is 3.33. The van der Waals surface area contributed by atoms with Crippen molar-refractivity contribution < 1.29 is 9.59 Å². The Hall–Kier alpha value is -1.10. The van der Waals surface area contributed by atoms with Gasteiger partial charge in [-0.1, -0.05) is 12.8 Å². The van der Waals surface area contributed by atoms with Gasteiger partial charge in [-0.05, 0) is 25.2 Å². The number of likely N-dealkylation sites (tertiary alicyclic amines) is 1. The maximum atomic E-state index is 11.6. The van der Waals surface area contributed by atoms with E-state index in [-0.39, 0.29) is 42.5 Å². The second-order valence-electron chi connectivity index (χ2n) is 7.24. The Labute approximate surface area is 172 Å². The molecule has 3 fully saturated rings. The van der Waals surface area contributed by atoms with Gasteiger partial charge in [0.2, 0.25) is 5.91 Å². The van der Waals surface area contributed by atoms with Crippen molar-refractivity contribution in [3.05, 3.63) is 0 Å². The van der Waals surface area contributed by atoms with Crippen LogP contribution < -0.4 is 16.0 Å². The molecule has 1 aliphatic carbocycles. The molecule has 0 aromatic heterocycles. The van der Waals surface area contributed by atoms with Gasteiger partial charge in [-0.3, -0.25) is 14.7 Å². The SMILES string of the molecule is CN=C(NCCN1C(=O)CNC1=O)NC1CCN(CC2CCCC2)C1.I. The summed E-state index contributed by atoms with van der Waals surface area (Å²) in [7, 11) is 1.74. The first kappa shape index (κ1) is 21.2. The number of rotatable bonds is 6. The summed E-state index contributed by atoms with van der Waals surface area (Å²) in [6, 6.07) is 0.0948. The number of carbonyl (C=O) groups excluding carboxylic acids is 2. The predicted octanol–water partition coefficient (Wildman–Crippen LogP) is 0.586. The first-order valence-corrected chi connectivity index (χ1v) is 9.43. The normalized spacial score (nSPS) is 24.7. The van der Waals surface area contributed by atoms with Crippen molar-refractivity contribution in [3.8, 4) is 0 Å². The number of nitrogens with one attached hydrogen (secondary N) is 3. The number of urea groups is 1. The molecule has 8 nitrogen and oxygen atoms in total. The third-order valence-electron chi connectivity index (χ3n) is 5.39. The molecule has 148 valence electrons. The summed E-state index contributed by atoms with van der Waals surface area (Å²) in [5, 5.41) is 9.18. The summed E-state index contributed by atoms with van der Waals surface area (Å²) in [4.78, 5) is 31.1. The van der Waals surface area contributed by atoms with E-state index in [1.165, 1.54) is 37.1 Å². The topological polar surface area (TPSA) is 89.1 Å². The van der Waals surface area contributed by atoms with Crippen molar-refractivity contribution >= 4 is 41.9 Å². The highest BCUT2D eigenvalue weighted by Crippen LogP contribution is 2.26. The zero-order chi connectivity index (χ0) is 17.6. The highest BCUT2D eigenvalue weighted by molar-refractivity contribution is 14.0. The maximum absolute atomic E-state index is 11.6. The first-order chi connectivity index (χ1) is 12.2. The molecule has 3 rings (SSSR count). The zero-order valence-corrected chi connectivity index (χ0v) is 17.8. The van der Waals surface area contributed by atoms with Gasteiger partial charge in [-0.25, -0.2) is 4.79 Å². The standard InChI is InChI=1S/C17H30N6O2.HI/c1-18-16(19-7-9-23-15(24)10-20-17(23)25)21-14-6-8-22(12-14)11-13-4-2-3-5-13;/h13-14H,2-12H2,1H3,(H,20,25)(H2,18,19,21);1H. The molecule has 0 aromatic carbocycles.